The van der Waals surface area contributed by atoms with E-state index in [1.807, 2.05) is 18.2 Å². The van der Waals surface area contributed by atoms with Gasteiger partial charge in [0.1, 0.15) is 5.76 Å². The van der Waals surface area contributed by atoms with E-state index in [1.165, 1.54) is 21.9 Å². The lowest BCUT2D eigenvalue weighted by molar-refractivity contribution is 0.0526. The number of carbonyl (C=O) groups is 1. The average Bonchev–Trinajstić information content (AvgIpc) is 3.46. The van der Waals surface area contributed by atoms with E-state index < -0.39 is 0 Å². The number of rotatable bonds is 7. The van der Waals surface area contributed by atoms with Gasteiger partial charge in [-0.05, 0) is 66.1 Å². The molecule has 0 fully saturated rings. The first-order chi connectivity index (χ1) is 16.1. The van der Waals surface area contributed by atoms with E-state index in [0.29, 0.717) is 18.7 Å². The Morgan fingerprint density at radius 1 is 1.09 bits per heavy atom. The Morgan fingerprint density at radius 2 is 1.97 bits per heavy atom. The summed E-state index contributed by atoms with van der Waals surface area (Å²) >= 11 is 1.70. The van der Waals surface area contributed by atoms with Crippen LogP contribution < -0.4 is 0 Å². The number of esters is 1. The van der Waals surface area contributed by atoms with Crippen LogP contribution in [0.5, 0.6) is 0 Å². The zero-order valence-electron chi connectivity index (χ0n) is 18.6. The molecule has 3 aromatic carbocycles. The molecule has 5 nitrogen and oxygen atoms in total. The largest absolute Gasteiger partial charge is 0.467 e. The Bertz CT molecular complexity index is 1440. The second-order valence-electron chi connectivity index (χ2n) is 7.85. The molecule has 33 heavy (non-hydrogen) atoms. The molecular weight excluding hydrogens is 432 g/mol. The molecule has 6 heteroatoms. The van der Waals surface area contributed by atoms with Gasteiger partial charge in [0, 0.05) is 5.75 Å². The van der Waals surface area contributed by atoms with Crippen molar-refractivity contribution in [3.8, 4) is 0 Å². The van der Waals surface area contributed by atoms with Crippen LogP contribution in [0, 0.1) is 6.92 Å². The number of hydrogen-bond acceptors (Lipinski definition) is 5. The van der Waals surface area contributed by atoms with Gasteiger partial charge in [0.2, 0.25) is 0 Å². The monoisotopic (exact) mass is 456 g/mol. The van der Waals surface area contributed by atoms with Crippen LogP contribution in [0.3, 0.4) is 0 Å². The molecule has 0 radical (unpaired) electrons. The third-order valence-corrected chi connectivity index (χ3v) is 6.74. The number of aryl methyl sites for hydroxylation is 1. The molecule has 0 aliphatic rings. The van der Waals surface area contributed by atoms with Crippen LogP contribution in [0.15, 0.2) is 82.6 Å². The van der Waals surface area contributed by atoms with Gasteiger partial charge in [0.25, 0.3) is 0 Å². The van der Waals surface area contributed by atoms with Crippen molar-refractivity contribution in [2.75, 3.05) is 6.61 Å². The fourth-order valence-corrected chi connectivity index (χ4v) is 5.18. The highest BCUT2D eigenvalue weighted by atomic mass is 32.2. The molecule has 2 aromatic heterocycles. The molecule has 2 heterocycles. The second kappa shape index (κ2) is 9.16. The normalized spacial score (nSPS) is 11.3. The molecule has 5 rings (SSSR count). The predicted molar refractivity (Wildman–Crippen MR) is 132 cm³/mol. The molecule has 0 saturated heterocycles. The summed E-state index contributed by atoms with van der Waals surface area (Å²) in [6.45, 7) is 4.87. The fourth-order valence-electron chi connectivity index (χ4n) is 4.04. The highest BCUT2D eigenvalue weighted by Crippen LogP contribution is 2.32. The van der Waals surface area contributed by atoms with Gasteiger partial charge in [-0.2, -0.15) is 0 Å². The molecule has 0 N–H and O–H groups in total. The standard InChI is InChI=1S/C27H24N2O3S/c1-3-31-26(30)20-12-13-25-24(15-20)28-27(29(25)16-21-8-6-14-32-21)33-17-23-18(2)10-11-19-7-4-5-9-22(19)23/h4-15H,3,16-17H2,1-2H3. The van der Waals surface area contributed by atoms with Crippen LogP contribution in [-0.4, -0.2) is 22.1 Å². The molecule has 0 amide bonds. The Kier molecular flexibility index (Phi) is 5.92. The molecular formula is C27H24N2O3S. The summed E-state index contributed by atoms with van der Waals surface area (Å²) in [5, 5.41) is 3.39. The zero-order valence-corrected chi connectivity index (χ0v) is 19.4. The summed E-state index contributed by atoms with van der Waals surface area (Å²) in [4.78, 5) is 17.1. The van der Waals surface area contributed by atoms with E-state index in [0.717, 1.165) is 27.7 Å². The maximum absolute atomic E-state index is 12.2. The van der Waals surface area contributed by atoms with E-state index in [1.54, 1.807) is 37.1 Å². The van der Waals surface area contributed by atoms with Gasteiger partial charge in [0.15, 0.2) is 5.16 Å². The summed E-state index contributed by atoms with van der Waals surface area (Å²) in [6, 6.07) is 22.2. The molecule has 5 aromatic rings. The topological polar surface area (TPSA) is 57.3 Å². The molecule has 0 aliphatic carbocycles. The quantitative estimate of drug-likeness (QED) is 0.204. The minimum Gasteiger partial charge on any atom is -0.467 e. The van der Waals surface area contributed by atoms with Crippen LogP contribution in [-0.2, 0) is 17.0 Å². The maximum Gasteiger partial charge on any atom is 0.338 e. The number of nitrogens with zero attached hydrogens (tertiary/aromatic N) is 2. The first-order valence-electron chi connectivity index (χ1n) is 10.9. The van der Waals surface area contributed by atoms with Crippen molar-refractivity contribution in [3.05, 3.63) is 95.4 Å². The van der Waals surface area contributed by atoms with E-state index >= 15 is 0 Å². The molecule has 0 atom stereocenters. The van der Waals surface area contributed by atoms with Crippen molar-refractivity contribution in [2.24, 2.45) is 0 Å². The number of imidazole rings is 1. The molecule has 0 aliphatic heterocycles. The van der Waals surface area contributed by atoms with E-state index in [2.05, 4.69) is 47.9 Å². The third kappa shape index (κ3) is 4.26. The molecule has 166 valence electrons. The lowest BCUT2D eigenvalue weighted by Crippen LogP contribution is -2.04. The Labute approximate surface area is 196 Å². The molecule has 0 saturated carbocycles. The number of benzene rings is 3. The summed E-state index contributed by atoms with van der Waals surface area (Å²) in [5.74, 6) is 1.31. The van der Waals surface area contributed by atoms with Crippen LogP contribution in [0.2, 0.25) is 0 Å². The fraction of sp³-hybridized carbons (Fsp3) is 0.185. The Morgan fingerprint density at radius 3 is 2.79 bits per heavy atom. The number of furan rings is 1. The second-order valence-corrected chi connectivity index (χ2v) is 8.80. The van der Waals surface area contributed by atoms with Crippen molar-refractivity contribution in [3.63, 3.8) is 0 Å². The maximum atomic E-state index is 12.2. The van der Waals surface area contributed by atoms with Crippen LogP contribution >= 0.6 is 11.8 Å². The lowest BCUT2D eigenvalue weighted by Gasteiger charge is -2.11. The van der Waals surface area contributed by atoms with Gasteiger partial charge < -0.3 is 13.7 Å². The SMILES string of the molecule is CCOC(=O)c1ccc2c(c1)nc(SCc1c(C)ccc3ccccc13)n2Cc1ccco1. The van der Waals surface area contributed by atoms with Crippen molar-refractivity contribution >= 4 is 39.5 Å². The van der Waals surface area contributed by atoms with Crippen LogP contribution in [0.1, 0.15) is 34.2 Å². The van der Waals surface area contributed by atoms with Gasteiger partial charge in [-0.3, -0.25) is 0 Å². The van der Waals surface area contributed by atoms with Crippen molar-refractivity contribution in [2.45, 2.75) is 31.3 Å². The first-order valence-corrected chi connectivity index (χ1v) is 11.9. The van der Waals surface area contributed by atoms with Gasteiger partial charge in [0.05, 0.1) is 36.0 Å². The number of fused-ring (bicyclic) bond motifs is 2. The Hall–Kier alpha value is -3.51. The van der Waals surface area contributed by atoms with Gasteiger partial charge in [-0.15, -0.1) is 0 Å². The first kappa shape index (κ1) is 21.3. The Balaban J connectivity index is 1.53. The minimum absolute atomic E-state index is 0.333. The summed E-state index contributed by atoms with van der Waals surface area (Å²) in [5.41, 5.74) is 4.80. The van der Waals surface area contributed by atoms with E-state index in [9.17, 15) is 4.79 Å². The van der Waals surface area contributed by atoms with Gasteiger partial charge in [-0.25, -0.2) is 9.78 Å². The van der Waals surface area contributed by atoms with Crippen LogP contribution in [0.4, 0.5) is 0 Å². The minimum atomic E-state index is -0.333. The van der Waals surface area contributed by atoms with Crippen molar-refractivity contribution in [1.29, 1.82) is 0 Å². The zero-order chi connectivity index (χ0) is 22.8. The molecule has 0 bridgehead atoms. The third-order valence-electron chi connectivity index (χ3n) is 5.74. The summed E-state index contributed by atoms with van der Waals surface area (Å²) in [7, 11) is 0. The van der Waals surface area contributed by atoms with E-state index in [-0.39, 0.29) is 5.97 Å². The summed E-state index contributed by atoms with van der Waals surface area (Å²) < 4.78 is 12.9. The van der Waals surface area contributed by atoms with Crippen LogP contribution in [0.25, 0.3) is 21.8 Å². The summed E-state index contributed by atoms with van der Waals surface area (Å²) in [6.07, 6.45) is 1.68. The number of hydrogen-bond donors (Lipinski definition) is 0. The van der Waals surface area contributed by atoms with E-state index in [4.69, 9.17) is 14.1 Å². The smallest absolute Gasteiger partial charge is 0.338 e. The number of aromatic nitrogens is 2. The van der Waals surface area contributed by atoms with Gasteiger partial charge >= 0.3 is 5.97 Å². The average molecular weight is 457 g/mol. The van der Waals surface area contributed by atoms with Crippen molar-refractivity contribution in [1.82, 2.24) is 9.55 Å². The lowest BCUT2D eigenvalue weighted by atomic mass is 10.0. The number of ether oxygens (including phenoxy) is 1. The highest BCUT2D eigenvalue weighted by molar-refractivity contribution is 7.98. The van der Waals surface area contributed by atoms with Gasteiger partial charge in [-0.1, -0.05) is 48.2 Å². The number of carbonyl (C=O) groups excluding carboxylic acids is 1. The number of thioether (sulfide) groups is 1. The van der Waals surface area contributed by atoms with Crippen molar-refractivity contribution < 1.29 is 13.9 Å². The predicted octanol–water partition coefficient (Wildman–Crippen LogP) is 6.61. The molecule has 0 spiro atoms. The highest BCUT2D eigenvalue weighted by Gasteiger charge is 2.17. The molecule has 0 unspecified atom stereocenters.